The highest BCUT2D eigenvalue weighted by Crippen LogP contribution is 2.19. The van der Waals surface area contributed by atoms with Crippen molar-refractivity contribution in [3.05, 3.63) is 46.0 Å². The van der Waals surface area contributed by atoms with Crippen LogP contribution >= 0.6 is 24.0 Å². The van der Waals surface area contributed by atoms with Crippen molar-refractivity contribution in [2.75, 3.05) is 13.1 Å². The molecule has 1 aliphatic heterocycles. The van der Waals surface area contributed by atoms with Crippen LogP contribution in [-0.4, -0.2) is 31.7 Å². The number of aryl methyl sites for hydroxylation is 1. The molecule has 0 radical (unpaired) electrons. The Morgan fingerprint density at radius 3 is 2.95 bits per heavy atom. The molecule has 21 heavy (non-hydrogen) atoms. The molecule has 0 bridgehead atoms. The van der Waals surface area contributed by atoms with E-state index in [2.05, 4.69) is 9.88 Å². The molecule has 1 fully saturated rings. The largest absolute Gasteiger partial charge is 0.358 e. The highest BCUT2D eigenvalue weighted by Gasteiger charge is 2.15. The van der Waals surface area contributed by atoms with E-state index >= 15 is 0 Å². The average Bonchev–Trinajstić information content (AvgIpc) is 3.00. The fourth-order valence-corrected chi connectivity index (χ4v) is 3.65. The van der Waals surface area contributed by atoms with Gasteiger partial charge in [-0.05, 0) is 31.4 Å². The number of rotatable bonds is 2. The van der Waals surface area contributed by atoms with Gasteiger partial charge in [0.2, 0.25) is 0 Å². The number of hydrogen-bond donors (Lipinski definition) is 0. The number of thioether (sulfide) groups is 1. The lowest BCUT2D eigenvalue weighted by Crippen LogP contribution is -2.23. The Balaban J connectivity index is 1.79. The summed E-state index contributed by atoms with van der Waals surface area (Å²) in [5.74, 6) is 0.648. The van der Waals surface area contributed by atoms with Crippen molar-refractivity contribution < 1.29 is 0 Å². The number of likely N-dealkylation sites (tertiary alicyclic amines) is 1. The van der Waals surface area contributed by atoms with Crippen molar-refractivity contribution in [3.8, 4) is 0 Å². The molecule has 3 rings (SSSR count). The summed E-state index contributed by atoms with van der Waals surface area (Å²) < 4.78 is 2.50. The van der Waals surface area contributed by atoms with E-state index in [0.717, 1.165) is 34.3 Å². The summed E-state index contributed by atoms with van der Waals surface area (Å²) >= 11 is 7.04. The van der Waals surface area contributed by atoms with Crippen LogP contribution < -0.4 is 5.56 Å². The SMILES string of the molecule is Cc1cccn2c(=O)cc(CSC(=S)N3CCCC3)nc12. The number of nitrogens with zero attached hydrogens (tertiary/aromatic N) is 3. The van der Waals surface area contributed by atoms with Gasteiger partial charge < -0.3 is 4.90 Å². The van der Waals surface area contributed by atoms with E-state index in [1.54, 1.807) is 28.4 Å². The van der Waals surface area contributed by atoms with Gasteiger partial charge in [-0.2, -0.15) is 0 Å². The van der Waals surface area contributed by atoms with Crippen molar-refractivity contribution in [2.45, 2.75) is 25.5 Å². The van der Waals surface area contributed by atoms with Gasteiger partial charge >= 0.3 is 0 Å². The van der Waals surface area contributed by atoms with Crippen LogP contribution in [0.5, 0.6) is 0 Å². The third-order valence-electron chi connectivity index (χ3n) is 3.65. The second-order valence-corrected chi connectivity index (χ2v) is 6.83. The zero-order chi connectivity index (χ0) is 14.8. The van der Waals surface area contributed by atoms with E-state index in [1.807, 2.05) is 19.1 Å². The van der Waals surface area contributed by atoms with Gasteiger partial charge in [-0.15, -0.1) is 0 Å². The fourth-order valence-electron chi connectivity index (χ4n) is 2.51. The normalized spacial score (nSPS) is 14.8. The maximum Gasteiger partial charge on any atom is 0.258 e. The number of aromatic nitrogens is 2. The zero-order valence-electron chi connectivity index (χ0n) is 11.9. The van der Waals surface area contributed by atoms with Gasteiger partial charge in [0.05, 0.1) is 5.69 Å². The molecule has 0 amide bonds. The second-order valence-electron chi connectivity index (χ2n) is 5.22. The zero-order valence-corrected chi connectivity index (χ0v) is 13.5. The number of fused-ring (bicyclic) bond motifs is 1. The van der Waals surface area contributed by atoms with Gasteiger partial charge in [-0.3, -0.25) is 9.20 Å². The number of pyridine rings is 1. The molecule has 6 heteroatoms. The van der Waals surface area contributed by atoms with Crippen molar-refractivity contribution in [2.24, 2.45) is 0 Å². The Labute approximate surface area is 133 Å². The molecule has 2 aromatic heterocycles. The fraction of sp³-hybridized carbons (Fsp3) is 0.400. The van der Waals surface area contributed by atoms with Crippen LogP contribution in [0.3, 0.4) is 0 Å². The Morgan fingerprint density at radius 1 is 1.43 bits per heavy atom. The van der Waals surface area contributed by atoms with Crippen LogP contribution in [0.2, 0.25) is 0 Å². The molecule has 0 N–H and O–H groups in total. The minimum Gasteiger partial charge on any atom is -0.358 e. The highest BCUT2D eigenvalue weighted by molar-refractivity contribution is 8.22. The first-order valence-corrected chi connectivity index (χ1v) is 8.44. The maximum absolute atomic E-state index is 12.1. The van der Waals surface area contributed by atoms with Crippen LogP contribution in [0.1, 0.15) is 24.1 Å². The minimum absolute atomic E-state index is 0.0357. The minimum atomic E-state index is -0.0357. The Kier molecular flexibility index (Phi) is 4.26. The quantitative estimate of drug-likeness (QED) is 0.796. The van der Waals surface area contributed by atoms with Gasteiger partial charge in [0.1, 0.15) is 9.97 Å². The predicted molar refractivity (Wildman–Crippen MR) is 90.9 cm³/mol. The van der Waals surface area contributed by atoms with Crippen LogP contribution in [0.15, 0.2) is 29.2 Å². The summed E-state index contributed by atoms with van der Waals surface area (Å²) in [6.45, 7) is 4.07. The molecule has 0 unspecified atom stereocenters. The van der Waals surface area contributed by atoms with Gasteiger partial charge in [0.15, 0.2) is 0 Å². The lowest BCUT2D eigenvalue weighted by Gasteiger charge is -2.17. The Morgan fingerprint density at radius 2 is 2.19 bits per heavy atom. The molecular formula is C15H17N3OS2. The summed E-state index contributed by atoms with van der Waals surface area (Å²) in [4.78, 5) is 19.0. The average molecular weight is 319 g/mol. The Hall–Kier alpha value is -1.40. The molecule has 0 atom stereocenters. The monoisotopic (exact) mass is 319 g/mol. The summed E-state index contributed by atoms with van der Waals surface area (Å²) in [6, 6.07) is 5.43. The lowest BCUT2D eigenvalue weighted by atomic mass is 10.3. The van der Waals surface area contributed by atoms with Crippen molar-refractivity contribution in [1.29, 1.82) is 0 Å². The van der Waals surface area contributed by atoms with E-state index < -0.39 is 0 Å². The van der Waals surface area contributed by atoms with Crippen LogP contribution in [-0.2, 0) is 5.75 Å². The summed E-state index contributed by atoms with van der Waals surface area (Å²) in [5.41, 5.74) is 2.49. The van der Waals surface area contributed by atoms with E-state index in [0.29, 0.717) is 5.75 Å². The van der Waals surface area contributed by atoms with Crippen LogP contribution in [0.4, 0.5) is 0 Å². The maximum atomic E-state index is 12.1. The standard InChI is InChI=1S/C15H17N3OS2/c1-11-5-4-8-18-13(19)9-12(16-14(11)18)10-21-15(20)17-6-2-3-7-17/h4-5,8-9H,2-3,6-7,10H2,1H3. The highest BCUT2D eigenvalue weighted by atomic mass is 32.2. The van der Waals surface area contributed by atoms with Gasteiger partial charge in [-0.1, -0.05) is 30.0 Å². The molecule has 3 heterocycles. The molecule has 2 aromatic rings. The summed E-state index contributed by atoms with van der Waals surface area (Å²) in [5, 5.41) is 0. The third kappa shape index (κ3) is 3.11. The van der Waals surface area contributed by atoms with E-state index in [-0.39, 0.29) is 5.56 Å². The van der Waals surface area contributed by atoms with E-state index in [4.69, 9.17) is 12.2 Å². The van der Waals surface area contributed by atoms with Crippen molar-refractivity contribution in [1.82, 2.24) is 14.3 Å². The molecule has 4 nitrogen and oxygen atoms in total. The molecule has 1 saturated heterocycles. The van der Waals surface area contributed by atoms with Crippen molar-refractivity contribution in [3.63, 3.8) is 0 Å². The van der Waals surface area contributed by atoms with Crippen LogP contribution in [0, 0.1) is 6.92 Å². The second kappa shape index (κ2) is 6.15. The first-order chi connectivity index (χ1) is 10.1. The van der Waals surface area contributed by atoms with Gasteiger partial charge in [0.25, 0.3) is 5.56 Å². The number of hydrogen-bond acceptors (Lipinski definition) is 4. The van der Waals surface area contributed by atoms with Gasteiger partial charge in [-0.25, -0.2) is 4.98 Å². The molecule has 0 saturated carbocycles. The molecule has 0 aliphatic carbocycles. The molecule has 0 aromatic carbocycles. The Bertz CT molecular complexity index is 735. The summed E-state index contributed by atoms with van der Waals surface area (Å²) in [7, 11) is 0. The van der Waals surface area contributed by atoms with Gasteiger partial charge in [0, 0.05) is 31.1 Å². The van der Waals surface area contributed by atoms with E-state index in [9.17, 15) is 4.79 Å². The smallest absolute Gasteiger partial charge is 0.258 e. The molecule has 1 aliphatic rings. The lowest BCUT2D eigenvalue weighted by molar-refractivity contribution is 0.539. The first kappa shape index (κ1) is 14.5. The third-order valence-corrected chi connectivity index (χ3v) is 5.20. The topological polar surface area (TPSA) is 37.6 Å². The molecule has 110 valence electrons. The summed E-state index contributed by atoms with van der Waals surface area (Å²) in [6.07, 6.45) is 4.19. The van der Waals surface area contributed by atoms with Crippen LogP contribution in [0.25, 0.3) is 5.65 Å². The predicted octanol–water partition coefficient (Wildman–Crippen LogP) is 2.62. The molecule has 0 spiro atoms. The van der Waals surface area contributed by atoms with E-state index in [1.165, 1.54) is 12.8 Å². The molecular weight excluding hydrogens is 302 g/mol. The number of thiocarbonyl (C=S) groups is 1. The first-order valence-electron chi connectivity index (χ1n) is 7.05. The van der Waals surface area contributed by atoms with Crippen molar-refractivity contribution >= 4 is 33.9 Å².